The Kier molecular flexibility index (Phi) is 8.06. The first-order valence-electron chi connectivity index (χ1n) is 20.3. The molecule has 286 valence electrons. The first-order chi connectivity index (χ1) is 30.2. The van der Waals surface area contributed by atoms with Crippen molar-refractivity contribution in [1.29, 1.82) is 0 Å². The lowest BCUT2D eigenvalue weighted by Gasteiger charge is -2.25. The Morgan fingerprint density at radius 1 is 0.311 bits per heavy atom. The lowest BCUT2D eigenvalue weighted by atomic mass is 9.95. The van der Waals surface area contributed by atoms with Gasteiger partial charge in [-0.3, -0.25) is 0 Å². The maximum Gasteiger partial charge on any atom is 0.164 e. The third kappa shape index (κ3) is 6.09. The number of rotatable bonds is 7. The highest BCUT2D eigenvalue weighted by molar-refractivity contribution is 6.16. The molecule has 0 aliphatic heterocycles. The van der Waals surface area contributed by atoms with Gasteiger partial charge in [0.25, 0.3) is 0 Å². The van der Waals surface area contributed by atoms with Crippen LogP contribution in [0.4, 0.5) is 17.1 Å². The summed E-state index contributed by atoms with van der Waals surface area (Å²) in [5.74, 6) is 1.77. The van der Waals surface area contributed by atoms with Gasteiger partial charge in [0.15, 0.2) is 17.5 Å². The van der Waals surface area contributed by atoms with E-state index < -0.39 is 0 Å². The minimum absolute atomic E-state index is 0.564. The van der Waals surface area contributed by atoms with Crippen molar-refractivity contribution in [2.45, 2.75) is 0 Å². The standard InChI is InChI=1S/C55H34N4O2/c1-4-14-36(15-5-1)53-56-54(37-16-6-2-7-17-37)58-55(57-53)40-31-46(52-47-30-38-18-10-11-19-39(38)32-49(47)61-51(52)33-40)35-24-26-42(27-25-35)59(41-20-8-3-9-21-41)43-28-29-45-44-22-12-13-23-48(44)60-50(45)34-43/h1-34H. The van der Waals surface area contributed by atoms with Crippen molar-refractivity contribution in [3.05, 3.63) is 206 Å². The van der Waals surface area contributed by atoms with Crippen molar-refractivity contribution in [3.8, 4) is 45.3 Å². The van der Waals surface area contributed by atoms with E-state index in [1.54, 1.807) is 0 Å². The molecule has 0 atom stereocenters. The molecule has 0 saturated carbocycles. The van der Waals surface area contributed by atoms with E-state index in [1.165, 1.54) is 0 Å². The van der Waals surface area contributed by atoms with Crippen molar-refractivity contribution in [2.24, 2.45) is 0 Å². The van der Waals surface area contributed by atoms with E-state index in [9.17, 15) is 0 Å². The second-order valence-electron chi connectivity index (χ2n) is 15.2. The molecule has 61 heavy (non-hydrogen) atoms. The monoisotopic (exact) mass is 782 g/mol. The van der Waals surface area contributed by atoms with Crippen LogP contribution in [0.25, 0.3) is 99.9 Å². The van der Waals surface area contributed by atoms with Gasteiger partial charge in [-0.1, -0.05) is 133 Å². The Morgan fingerprint density at radius 3 is 1.54 bits per heavy atom. The SMILES string of the molecule is c1ccc(-c2nc(-c3ccccc3)nc(-c3cc(-c4ccc(N(c5ccccc5)c5ccc6c(c5)oc5ccccc56)cc4)c4c(c3)oc3cc5ccccc5cc34)n2)cc1. The van der Waals surface area contributed by atoms with Crippen molar-refractivity contribution >= 4 is 71.7 Å². The van der Waals surface area contributed by atoms with Crippen LogP contribution in [0.1, 0.15) is 0 Å². The topological polar surface area (TPSA) is 68.2 Å². The average molecular weight is 783 g/mol. The van der Waals surface area contributed by atoms with Gasteiger partial charge in [0, 0.05) is 61.4 Å². The zero-order valence-corrected chi connectivity index (χ0v) is 32.7. The highest BCUT2D eigenvalue weighted by Crippen LogP contribution is 2.43. The zero-order chi connectivity index (χ0) is 40.3. The molecule has 6 heteroatoms. The molecule has 3 heterocycles. The first kappa shape index (κ1) is 34.7. The van der Waals surface area contributed by atoms with E-state index in [1.807, 2.05) is 78.9 Å². The molecule has 0 bridgehead atoms. The number of hydrogen-bond acceptors (Lipinski definition) is 6. The fourth-order valence-electron chi connectivity index (χ4n) is 8.55. The molecule has 12 rings (SSSR count). The normalized spacial score (nSPS) is 11.6. The molecule has 0 aliphatic carbocycles. The lowest BCUT2D eigenvalue weighted by Crippen LogP contribution is -2.09. The largest absolute Gasteiger partial charge is 0.456 e. The van der Waals surface area contributed by atoms with Gasteiger partial charge in [-0.05, 0) is 88.6 Å². The van der Waals surface area contributed by atoms with E-state index in [0.29, 0.717) is 17.5 Å². The second kappa shape index (κ2) is 14.2. The molecule has 0 saturated heterocycles. The molecule has 3 aromatic heterocycles. The maximum atomic E-state index is 6.76. The number of aromatic nitrogens is 3. The molecule has 0 aliphatic rings. The van der Waals surface area contributed by atoms with Crippen LogP contribution in [0.5, 0.6) is 0 Å². The van der Waals surface area contributed by atoms with Crippen LogP contribution in [0.3, 0.4) is 0 Å². The van der Waals surface area contributed by atoms with Gasteiger partial charge >= 0.3 is 0 Å². The fraction of sp³-hybridized carbons (Fsp3) is 0. The van der Waals surface area contributed by atoms with Gasteiger partial charge in [-0.2, -0.15) is 0 Å². The Morgan fingerprint density at radius 2 is 0.836 bits per heavy atom. The van der Waals surface area contributed by atoms with Crippen molar-refractivity contribution in [1.82, 2.24) is 15.0 Å². The highest BCUT2D eigenvalue weighted by Gasteiger charge is 2.21. The number of nitrogens with zero attached hydrogens (tertiary/aromatic N) is 4. The van der Waals surface area contributed by atoms with E-state index in [2.05, 4.69) is 132 Å². The van der Waals surface area contributed by atoms with Gasteiger partial charge in [-0.15, -0.1) is 0 Å². The predicted octanol–water partition coefficient (Wildman–Crippen LogP) is 15.0. The van der Waals surface area contributed by atoms with Crippen molar-refractivity contribution in [3.63, 3.8) is 0 Å². The van der Waals surface area contributed by atoms with Crippen LogP contribution < -0.4 is 4.90 Å². The van der Waals surface area contributed by atoms with Crippen molar-refractivity contribution < 1.29 is 8.83 Å². The van der Waals surface area contributed by atoms with Crippen LogP contribution >= 0.6 is 0 Å². The molecule has 0 amide bonds. The summed E-state index contributed by atoms with van der Waals surface area (Å²) in [6.45, 7) is 0. The summed E-state index contributed by atoms with van der Waals surface area (Å²) in [5, 5.41) is 6.57. The zero-order valence-electron chi connectivity index (χ0n) is 32.7. The van der Waals surface area contributed by atoms with Crippen LogP contribution in [-0.4, -0.2) is 15.0 Å². The first-order valence-corrected chi connectivity index (χ1v) is 20.3. The maximum absolute atomic E-state index is 6.76. The average Bonchev–Trinajstić information content (AvgIpc) is 3.89. The molecule has 0 spiro atoms. The Hall–Kier alpha value is -8.35. The smallest absolute Gasteiger partial charge is 0.164 e. The fourth-order valence-corrected chi connectivity index (χ4v) is 8.55. The van der Waals surface area contributed by atoms with Gasteiger partial charge in [0.2, 0.25) is 0 Å². The Bertz CT molecular complexity index is 3520. The molecular formula is C55H34N4O2. The molecule has 12 aromatic rings. The van der Waals surface area contributed by atoms with E-state index in [-0.39, 0.29) is 0 Å². The summed E-state index contributed by atoms with van der Waals surface area (Å²) >= 11 is 0. The van der Waals surface area contributed by atoms with Gasteiger partial charge < -0.3 is 13.7 Å². The second-order valence-corrected chi connectivity index (χ2v) is 15.2. The number of fused-ring (bicyclic) bond motifs is 7. The number of benzene rings is 9. The molecule has 0 N–H and O–H groups in total. The predicted molar refractivity (Wildman–Crippen MR) is 248 cm³/mol. The summed E-state index contributed by atoms with van der Waals surface area (Å²) in [7, 11) is 0. The minimum Gasteiger partial charge on any atom is -0.456 e. The van der Waals surface area contributed by atoms with Gasteiger partial charge in [0.1, 0.15) is 22.3 Å². The summed E-state index contributed by atoms with van der Waals surface area (Å²) in [4.78, 5) is 17.4. The highest BCUT2D eigenvalue weighted by atomic mass is 16.3. The molecule has 0 unspecified atom stereocenters. The number of anilines is 3. The number of furan rings is 2. The van der Waals surface area contributed by atoms with Crippen molar-refractivity contribution in [2.75, 3.05) is 4.90 Å². The van der Waals surface area contributed by atoms with E-state index in [0.717, 1.165) is 99.5 Å². The third-order valence-electron chi connectivity index (χ3n) is 11.5. The van der Waals surface area contributed by atoms with E-state index in [4.69, 9.17) is 23.8 Å². The third-order valence-corrected chi connectivity index (χ3v) is 11.5. The van der Waals surface area contributed by atoms with Gasteiger partial charge in [0.05, 0.1) is 0 Å². The summed E-state index contributed by atoms with van der Waals surface area (Å²) in [5.41, 5.74) is 11.1. The molecule has 9 aromatic carbocycles. The molecule has 0 fully saturated rings. The summed E-state index contributed by atoms with van der Waals surface area (Å²) in [6, 6.07) is 71.0. The van der Waals surface area contributed by atoms with Gasteiger partial charge in [-0.25, -0.2) is 15.0 Å². The Balaban J connectivity index is 1.05. The summed E-state index contributed by atoms with van der Waals surface area (Å²) < 4.78 is 13.1. The van der Waals surface area contributed by atoms with Crippen LogP contribution in [-0.2, 0) is 0 Å². The Labute approximate surface area is 350 Å². The quantitative estimate of drug-likeness (QED) is 0.160. The number of hydrogen-bond donors (Lipinski definition) is 0. The molecule has 0 radical (unpaired) electrons. The molecular weight excluding hydrogens is 749 g/mol. The van der Waals surface area contributed by atoms with Crippen LogP contribution in [0.2, 0.25) is 0 Å². The number of para-hydroxylation sites is 2. The van der Waals surface area contributed by atoms with Crippen LogP contribution in [0.15, 0.2) is 215 Å². The van der Waals surface area contributed by atoms with Crippen LogP contribution in [0, 0.1) is 0 Å². The molecule has 6 nitrogen and oxygen atoms in total. The van der Waals surface area contributed by atoms with E-state index >= 15 is 0 Å². The minimum atomic E-state index is 0.564. The lowest BCUT2D eigenvalue weighted by molar-refractivity contribution is 0.669. The summed E-state index contributed by atoms with van der Waals surface area (Å²) in [6.07, 6.45) is 0.